The average molecular weight is 424 g/mol. The van der Waals surface area contributed by atoms with Gasteiger partial charge in [0, 0.05) is 24.2 Å². The maximum Gasteiger partial charge on any atom is 0.349 e. The van der Waals surface area contributed by atoms with Crippen LogP contribution < -0.4 is 5.32 Å². The number of methoxy groups -OCH3 is 1. The fourth-order valence-corrected chi connectivity index (χ4v) is 3.52. The Kier molecular flexibility index (Phi) is 8.17. The van der Waals surface area contributed by atoms with Crippen LogP contribution >= 0.6 is 0 Å². The van der Waals surface area contributed by atoms with E-state index in [1.807, 2.05) is 58.9 Å². The number of carbonyl (C=O) groups excluding carboxylic acids is 2. The third-order valence-electron chi connectivity index (χ3n) is 5.23. The monoisotopic (exact) mass is 423 g/mol. The number of carbonyl (C=O) groups is 2. The van der Waals surface area contributed by atoms with E-state index in [1.54, 1.807) is 13.2 Å². The quantitative estimate of drug-likeness (QED) is 0.393. The number of anilines is 1. The first-order chi connectivity index (χ1) is 14.7. The fraction of sp³-hybridized carbons (Fsp3) is 0.375. The maximum atomic E-state index is 12.4. The molecule has 164 valence electrons. The highest BCUT2D eigenvalue weighted by molar-refractivity contribution is 6.00. The van der Waals surface area contributed by atoms with Gasteiger partial charge < -0.3 is 19.4 Å². The number of nitrogens with one attached hydrogen (secondary N) is 1. The molecule has 31 heavy (non-hydrogen) atoms. The van der Waals surface area contributed by atoms with Gasteiger partial charge in [0.25, 0.3) is 5.91 Å². The number of rotatable bonds is 8. The molecule has 1 N–H and O–H groups in total. The van der Waals surface area contributed by atoms with E-state index in [4.69, 9.17) is 9.47 Å². The second-order valence-electron chi connectivity index (χ2n) is 7.54. The van der Waals surface area contributed by atoms with Gasteiger partial charge >= 0.3 is 5.97 Å². The highest BCUT2D eigenvalue weighted by atomic mass is 16.5. The summed E-state index contributed by atoms with van der Waals surface area (Å²) in [6.45, 7) is 9.82. The number of esters is 1. The largest absolute Gasteiger partial charge is 0.451 e. The van der Waals surface area contributed by atoms with Crippen molar-refractivity contribution in [2.75, 3.05) is 25.6 Å². The summed E-state index contributed by atoms with van der Waals surface area (Å²) < 4.78 is 12.4. The molecule has 0 bridgehead atoms. The van der Waals surface area contributed by atoms with E-state index in [2.05, 4.69) is 9.88 Å². The van der Waals surface area contributed by atoms with Crippen molar-refractivity contribution in [1.82, 2.24) is 4.57 Å². The zero-order valence-corrected chi connectivity index (χ0v) is 18.9. The first kappa shape index (κ1) is 23.9. The molecule has 0 aliphatic carbocycles. The summed E-state index contributed by atoms with van der Waals surface area (Å²) in [5.41, 5.74) is 5.13. The van der Waals surface area contributed by atoms with Crippen LogP contribution in [0, 0.1) is 39.0 Å². The Balaban J connectivity index is 2.09. The molecule has 1 atom stereocenters. The first-order valence-corrected chi connectivity index (χ1v) is 10.0. The zero-order chi connectivity index (χ0) is 23.1. The number of amides is 1. The summed E-state index contributed by atoms with van der Waals surface area (Å²) in [7, 11) is 1.64. The Morgan fingerprint density at radius 3 is 2.61 bits per heavy atom. The average Bonchev–Trinajstić information content (AvgIpc) is 3.01. The van der Waals surface area contributed by atoms with Crippen LogP contribution in [0.2, 0.25) is 0 Å². The number of nitriles is 1. The molecule has 7 nitrogen and oxygen atoms in total. The lowest BCUT2D eigenvalue weighted by Gasteiger charge is -2.17. The van der Waals surface area contributed by atoms with E-state index in [1.165, 1.54) is 6.08 Å². The van der Waals surface area contributed by atoms with E-state index >= 15 is 0 Å². The third kappa shape index (κ3) is 5.83. The lowest BCUT2D eigenvalue weighted by molar-refractivity contribution is -0.142. The Labute approximate surface area is 183 Å². The second kappa shape index (κ2) is 10.6. The van der Waals surface area contributed by atoms with Gasteiger partial charge in [-0.25, -0.2) is 4.79 Å². The van der Waals surface area contributed by atoms with Crippen LogP contribution in [0.5, 0.6) is 0 Å². The molecule has 1 aromatic heterocycles. The molecular formula is C24H29N3O4. The van der Waals surface area contributed by atoms with E-state index < -0.39 is 18.5 Å². The van der Waals surface area contributed by atoms with Crippen LogP contribution in [0.3, 0.4) is 0 Å². The maximum absolute atomic E-state index is 12.4. The molecule has 7 heteroatoms. The van der Waals surface area contributed by atoms with Crippen LogP contribution in [0.15, 0.2) is 29.8 Å². The molecule has 0 saturated heterocycles. The van der Waals surface area contributed by atoms with E-state index in [9.17, 15) is 14.9 Å². The van der Waals surface area contributed by atoms with Gasteiger partial charge in [-0.3, -0.25) is 4.79 Å². The minimum atomic E-state index is -0.839. The second-order valence-corrected chi connectivity index (χ2v) is 7.54. The van der Waals surface area contributed by atoms with Crippen LogP contribution in [0.1, 0.15) is 41.0 Å². The predicted molar refractivity (Wildman–Crippen MR) is 120 cm³/mol. The van der Waals surface area contributed by atoms with Crippen LogP contribution in [-0.4, -0.2) is 36.8 Å². The number of aromatic nitrogens is 1. The molecular weight excluding hydrogens is 394 g/mol. The lowest BCUT2D eigenvalue weighted by Crippen LogP contribution is -2.22. The van der Waals surface area contributed by atoms with Gasteiger partial charge in [0.15, 0.2) is 6.61 Å². The molecule has 1 amide bonds. The molecule has 0 aliphatic heterocycles. The molecule has 0 saturated carbocycles. The number of hydrogen-bond acceptors (Lipinski definition) is 5. The molecule has 0 unspecified atom stereocenters. The number of aryl methyl sites for hydroxylation is 2. The van der Waals surface area contributed by atoms with Crippen molar-refractivity contribution >= 4 is 23.6 Å². The van der Waals surface area contributed by atoms with Crippen molar-refractivity contribution in [1.29, 1.82) is 5.26 Å². The minimum absolute atomic E-state index is 0.110. The van der Waals surface area contributed by atoms with Gasteiger partial charge in [0.2, 0.25) is 0 Å². The van der Waals surface area contributed by atoms with Gasteiger partial charge in [-0.2, -0.15) is 5.26 Å². The standard InChI is InChI=1S/C24H29N3O4/c1-15-8-7-9-22(18(15)4)26-23(28)14-31-24(29)21(12-25)11-20-10-16(2)27(19(20)5)17(3)13-30-6/h7-11,17H,13-14H2,1-6H3,(H,26,28)/b21-11+/t17-/m0/s1. The summed E-state index contributed by atoms with van der Waals surface area (Å²) in [5.74, 6) is -1.31. The van der Waals surface area contributed by atoms with Crippen molar-refractivity contribution < 1.29 is 19.1 Å². The number of nitrogens with zero attached hydrogens (tertiary/aromatic N) is 2. The molecule has 0 radical (unpaired) electrons. The van der Waals surface area contributed by atoms with Crippen LogP contribution in [0.25, 0.3) is 6.08 Å². The predicted octanol–water partition coefficient (Wildman–Crippen LogP) is 4.02. The van der Waals surface area contributed by atoms with Crippen LogP contribution in [0.4, 0.5) is 5.69 Å². The van der Waals surface area contributed by atoms with Crippen LogP contribution in [-0.2, 0) is 19.1 Å². The highest BCUT2D eigenvalue weighted by Gasteiger charge is 2.17. The zero-order valence-electron chi connectivity index (χ0n) is 18.9. The molecule has 0 spiro atoms. The summed E-state index contributed by atoms with van der Waals surface area (Å²) in [5, 5.41) is 12.2. The summed E-state index contributed by atoms with van der Waals surface area (Å²) >= 11 is 0. The Morgan fingerprint density at radius 1 is 1.26 bits per heavy atom. The Morgan fingerprint density at radius 2 is 1.97 bits per heavy atom. The van der Waals surface area contributed by atoms with Crippen molar-refractivity contribution in [3.63, 3.8) is 0 Å². The minimum Gasteiger partial charge on any atom is -0.451 e. The Bertz CT molecular complexity index is 1040. The smallest absolute Gasteiger partial charge is 0.349 e. The molecule has 1 aromatic carbocycles. The molecule has 0 aliphatic rings. The van der Waals surface area contributed by atoms with E-state index in [-0.39, 0.29) is 11.6 Å². The van der Waals surface area contributed by atoms with Crippen molar-refractivity contribution in [2.24, 2.45) is 0 Å². The molecule has 0 fully saturated rings. The van der Waals surface area contributed by atoms with Gasteiger partial charge in [-0.05, 0) is 69.5 Å². The topological polar surface area (TPSA) is 93.3 Å². The molecule has 2 aromatic rings. The lowest BCUT2D eigenvalue weighted by atomic mass is 10.1. The Hall–Kier alpha value is -3.37. The number of hydrogen-bond donors (Lipinski definition) is 1. The SMILES string of the molecule is COC[C@H](C)n1c(C)cc(/C=C(\C#N)C(=O)OCC(=O)Nc2cccc(C)c2C)c1C. The first-order valence-electron chi connectivity index (χ1n) is 10.0. The van der Waals surface area contributed by atoms with Gasteiger partial charge in [0.05, 0.1) is 12.6 Å². The fourth-order valence-electron chi connectivity index (χ4n) is 3.52. The van der Waals surface area contributed by atoms with Gasteiger partial charge in [0.1, 0.15) is 11.6 Å². The van der Waals surface area contributed by atoms with Crippen molar-refractivity contribution in [2.45, 2.75) is 40.7 Å². The number of ether oxygens (including phenoxy) is 2. The summed E-state index contributed by atoms with van der Waals surface area (Å²) in [6, 6.07) is 9.45. The third-order valence-corrected chi connectivity index (χ3v) is 5.23. The number of benzene rings is 1. The van der Waals surface area contributed by atoms with Crippen molar-refractivity contribution in [3.05, 3.63) is 57.9 Å². The van der Waals surface area contributed by atoms with Gasteiger partial charge in [-0.1, -0.05) is 12.1 Å². The van der Waals surface area contributed by atoms with E-state index in [0.717, 1.165) is 28.1 Å². The summed E-state index contributed by atoms with van der Waals surface area (Å²) in [4.78, 5) is 24.6. The summed E-state index contributed by atoms with van der Waals surface area (Å²) in [6.07, 6.45) is 1.49. The van der Waals surface area contributed by atoms with Gasteiger partial charge in [-0.15, -0.1) is 0 Å². The normalized spacial score (nSPS) is 12.2. The highest BCUT2D eigenvalue weighted by Crippen LogP contribution is 2.23. The molecule has 1 heterocycles. The molecule has 2 rings (SSSR count). The van der Waals surface area contributed by atoms with E-state index in [0.29, 0.717) is 12.3 Å². The van der Waals surface area contributed by atoms with Crippen molar-refractivity contribution in [3.8, 4) is 6.07 Å².